The van der Waals surface area contributed by atoms with Gasteiger partial charge in [-0.1, -0.05) is 43.6 Å². The number of hydrogen-bond donors (Lipinski definition) is 0. The van der Waals surface area contributed by atoms with Crippen molar-refractivity contribution in [2.75, 3.05) is 44.6 Å². The molecule has 0 aromatic heterocycles. The quantitative estimate of drug-likeness (QED) is 0.571. The third kappa shape index (κ3) is 7.64. The molecule has 98 valence electrons. The highest BCUT2D eigenvalue weighted by atomic mass is 79.9. The molecule has 1 unspecified atom stereocenters. The molecule has 0 saturated heterocycles. The van der Waals surface area contributed by atoms with E-state index in [0.717, 1.165) is 11.2 Å². The Hall–Kier alpha value is 0.400. The van der Waals surface area contributed by atoms with Crippen molar-refractivity contribution in [1.82, 2.24) is 9.80 Å². The van der Waals surface area contributed by atoms with Crippen LogP contribution in [0.1, 0.15) is 34.1 Å². The van der Waals surface area contributed by atoms with E-state index < -0.39 is 0 Å². The predicted molar refractivity (Wildman–Crippen MR) is 77.5 cm³/mol. The normalized spacial score (nSPS) is 13.7. The molecule has 0 rings (SSSR count). The van der Waals surface area contributed by atoms with Crippen LogP contribution in [0.3, 0.4) is 0 Å². The van der Waals surface area contributed by atoms with E-state index in [-0.39, 0.29) is 0 Å². The minimum atomic E-state index is 0.758. The second-order valence-corrected chi connectivity index (χ2v) is 5.18. The van der Waals surface area contributed by atoms with Crippen LogP contribution < -0.4 is 0 Å². The second kappa shape index (κ2) is 10.5. The number of hydrogen-bond acceptors (Lipinski definition) is 2. The zero-order valence-corrected chi connectivity index (χ0v) is 13.1. The first-order valence-corrected chi connectivity index (χ1v) is 7.80. The van der Waals surface area contributed by atoms with Crippen LogP contribution in [0, 0.1) is 5.92 Å². The van der Waals surface area contributed by atoms with Gasteiger partial charge < -0.3 is 9.80 Å². The molecule has 0 aliphatic heterocycles. The zero-order valence-electron chi connectivity index (χ0n) is 11.5. The Morgan fingerprint density at radius 3 is 1.88 bits per heavy atom. The number of halogens is 1. The molecule has 0 aliphatic carbocycles. The van der Waals surface area contributed by atoms with Crippen LogP contribution in [-0.4, -0.2) is 54.4 Å². The number of rotatable bonds is 10. The van der Waals surface area contributed by atoms with Crippen molar-refractivity contribution in [2.24, 2.45) is 5.92 Å². The van der Waals surface area contributed by atoms with Crippen molar-refractivity contribution in [1.29, 1.82) is 0 Å². The van der Waals surface area contributed by atoms with Crippen molar-refractivity contribution in [2.45, 2.75) is 34.1 Å². The highest BCUT2D eigenvalue weighted by molar-refractivity contribution is 9.09. The van der Waals surface area contributed by atoms with Gasteiger partial charge in [0.15, 0.2) is 0 Å². The van der Waals surface area contributed by atoms with Crippen LogP contribution in [0.2, 0.25) is 0 Å². The predicted octanol–water partition coefficient (Wildman–Crippen LogP) is 3.07. The lowest BCUT2D eigenvalue weighted by Crippen LogP contribution is -2.33. The van der Waals surface area contributed by atoms with E-state index in [1.807, 2.05) is 0 Å². The van der Waals surface area contributed by atoms with E-state index >= 15 is 0 Å². The van der Waals surface area contributed by atoms with Gasteiger partial charge in [0.1, 0.15) is 0 Å². The molecule has 0 fully saturated rings. The summed E-state index contributed by atoms with van der Waals surface area (Å²) in [7, 11) is 0. The first-order valence-electron chi connectivity index (χ1n) is 6.68. The molecular weight excluding hydrogens is 264 g/mol. The van der Waals surface area contributed by atoms with Crippen molar-refractivity contribution >= 4 is 15.9 Å². The summed E-state index contributed by atoms with van der Waals surface area (Å²) < 4.78 is 0. The third-order valence-electron chi connectivity index (χ3n) is 3.12. The summed E-state index contributed by atoms with van der Waals surface area (Å²) in [6.07, 6.45) is 1.30. The molecule has 0 bridgehead atoms. The summed E-state index contributed by atoms with van der Waals surface area (Å²) in [5.74, 6) is 0.758. The monoisotopic (exact) mass is 292 g/mol. The molecule has 0 heterocycles. The first-order chi connectivity index (χ1) is 7.67. The SMILES string of the molecule is CCN(CC)CCCN(CC)CC(C)CBr. The maximum absolute atomic E-state index is 3.55. The summed E-state index contributed by atoms with van der Waals surface area (Å²) in [6.45, 7) is 16.3. The van der Waals surface area contributed by atoms with Crippen LogP contribution in [-0.2, 0) is 0 Å². The van der Waals surface area contributed by atoms with Gasteiger partial charge in [0, 0.05) is 11.9 Å². The van der Waals surface area contributed by atoms with Gasteiger partial charge in [0.2, 0.25) is 0 Å². The Balaban J connectivity index is 3.69. The third-order valence-corrected chi connectivity index (χ3v) is 4.23. The van der Waals surface area contributed by atoms with Gasteiger partial charge in [-0.15, -0.1) is 0 Å². The Kier molecular flexibility index (Phi) is 10.8. The Labute approximate surface area is 111 Å². The molecule has 0 radical (unpaired) electrons. The van der Waals surface area contributed by atoms with Crippen molar-refractivity contribution in [3.8, 4) is 0 Å². The molecule has 0 amide bonds. The Bertz CT molecular complexity index is 149. The van der Waals surface area contributed by atoms with E-state index in [1.165, 1.54) is 45.7 Å². The minimum absolute atomic E-state index is 0.758. The highest BCUT2D eigenvalue weighted by Crippen LogP contribution is 2.04. The van der Waals surface area contributed by atoms with Gasteiger partial charge in [0.25, 0.3) is 0 Å². The van der Waals surface area contributed by atoms with E-state index in [1.54, 1.807) is 0 Å². The maximum Gasteiger partial charge on any atom is 0.00692 e. The molecule has 1 atom stereocenters. The fourth-order valence-corrected chi connectivity index (χ4v) is 2.13. The molecular formula is C13H29BrN2. The molecule has 0 aliphatic rings. The number of nitrogens with zero attached hydrogens (tertiary/aromatic N) is 2. The Morgan fingerprint density at radius 2 is 1.44 bits per heavy atom. The van der Waals surface area contributed by atoms with E-state index in [2.05, 4.69) is 53.4 Å². The van der Waals surface area contributed by atoms with E-state index in [4.69, 9.17) is 0 Å². The second-order valence-electron chi connectivity index (χ2n) is 4.53. The van der Waals surface area contributed by atoms with E-state index in [0.29, 0.717) is 0 Å². The minimum Gasteiger partial charge on any atom is -0.304 e. The van der Waals surface area contributed by atoms with Gasteiger partial charge in [0.05, 0.1) is 0 Å². The summed E-state index contributed by atoms with van der Waals surface area (Å²) in [5.41, 5.74) is 0. The Morgan fingerprint density at radius 1 is 0.938 bits per heavy atom. The molecule has 0 saturated carbocycles. The molecule has 0 aromatic rings. The molecule has 3 heteroatoms. The van der Waals surface area contributed by atoms with Crippen LogP contribution in [0.4, 0.5) is 0 Å². The molecule has 0 N–H and O–H groups in total. The molecule has 0 aromatic carbocycles. The smallest absolute Gasteiger partial charge is 0.00692 e. The van der Waals surface area contributed by atoms with Crippen LogP contribution >= 0.6 is 15.9 Å². The summed E-state index contributed by atoms with van der Waals surface area (Å²) >= 11 is 3.55. The van der Waals surface area contributed by atoms with Crippen molar-refractivity contribution in [3.05, 3.63) is 0 Å². The summed E-state index contributed by atoms with van der Waals surface area (Å²) in [5, 5.41) is 1.11. The average molecular weight is 293 g/mol. The van der Waals surface area contributed by atoms with Crippen LogP contribution in [0.15, 0.2) is 0 Å². The van der Waals surface area contributed by atoms with Gasteiger partial charge in [-0.05, 0) is 45.1 Å². The molecule has 0 spiro atoms. The summed E-state index contributed by atoms with van der Waals surface area (Å²) in [4.78, 5) is 5.07. The average Bonchev–Trinajstić information content (AvgIpc) is 2.32. The standard InChI is InChI=1S/C13H29BrN2/c1-5-15(6-2)9-8-10-16(7-3)12-13(4)11-14/h13H,5-12H2,1-4H3. The van der Waals surface area contributed by atoms with Gasteiger partial charge >= 0.3 is 0 Å². The summed E-state index contributed by atoms with van der Waals surface area (Å²) in [6, 6.07) is 0. The van der Waals surface area contributed by atoms with Crippen LogP contribution in [0.5, 0.6) is 0 Å². The van der Waals surface area contributed by atoms with Crippen molar-refractivity contribution < 1.29 is 0 Å². The lowest BCUT2D eigenvalue weighted by molar-refractivity contribution is 0.228. The van der Waals surface area contributed by atoms with Gasteiger partial charge in [-0.3, -0.25) is 0 Å². The molecule has 16 heavy (non-hydrogen) atoms. The van der Waals surface area contributed by atoms with Gasteiger partial charge in [-0.25, -0.2) is 0 Å². The zero-order chi connectivity index (χ0) is 12.4. The fourth-order valence-electron chi connectivity index (χ4n) is 1.93. The van der Waals surface area contributed by atoms with Crippen molar-refractivity contribution in [3.63, 3.8) is 0 Å². The fraction of sp³-hybridized carbons (Fsp3) is 1.00. The largest absolute Gasteiger partial charge is 0.304 e. The lowest BCUT2D eigenvalue weighted by Gasteiger charge is -2.25. The van der Waals surface area contributed by atoms with E-state index in [9.17, 15) is 0 Å². The van der Waals surface area contributed by atoms with Crippen LogP contribution in [0.25, 0.3) is 0 Å². The topological polar surface area (TPSA) is 6.48 Å². The highest BCUT2D eigenvalue weighted by Gasteiger charge is 2.08. The molecule has 2 nitrogen and oxygen atoms in total. The van der Waals surface area contributed by atoms with Gasteiger partial charge in [-0.2, -0.15) is 0 Å². The number of alkyl halides is 1. The maximum atomic E-state index is 3.55. The first kappa shape index (κ1) is 16.4. The lowest BCUT2D eigenvalue weighted by atomic mass is 10.2.